The summed E-state index contributed by atoms with van der Waals surface area (Å²) in [4.78, 5) is 14.6. The predicted molar refractivity (Wildman–Crippen MR) is 44.2 cm³/mol. The maximum atomic E-state index is 10.5. The Morgan fingerprint density at radius 3 is 3.08 bits per heavy atom. The molecule has 0 aliphatic heterocycles. The number of carbonyl (C=O) groups is 1. The number of rotatable bonds is 2. The van der Waals surface area contributed by atoms with Gasteiger partial charge in [0.25, 0.3) is 0 Å². The van der Waals surface area contributed by atoms with Gasteiger partial charge in [0.15, 0.2) is 6.29 Å². The van der Waals surface area contributed by atoms with Crippen LogP contribution in [0.5, 0.6) is 0 Å². The van der Waals surface area contributed by atoms with E-state index in [4.69, 9.17) is 4.42 Å². The van der Waals surface area contributed by atoms with E-state index >= 15 is 0 Å². The second-order valence-corrected chi connectivity index (χ2v) is 2.61. The van der Waals surface area contributed by atoms with Gasteiger partial charge in [-0.2, -0.15) is 5.10 Å². The number of oxazole rings is 1. The van der Waals surface area contributed by atoms with Crippen LogP contribution in [-0.4, -0.2) is 21.5 Å². The van der Waals surface area contributed by atoms with Gasteiger partial charge < -0.3 is 4.42 Å². The molecule has 0 aliphatic rings. The van der Waals surface area contributed by atoms with Crippen LogP contribution < -0.4 is 0 Å². The van der Waals surface area contributed by atoms with Gasteiger partial charge >= 0.3 is 0 Å². The van der Waals surface area contributed by atoms with Crippen LogP contribution in [0.4, 0.5) is 0 Å². The number of hydrogen-bond donors (Lipinski definition) is 1. The van der Waals surface area contributed by atoms with Gasteiger partial charge in [0.1, 0.15) is 12.0 Å². The number of H-pyrrole nitrogens is 1. The number of aldehydes is 1. The monoisotopic (exact) mass is 177 g/mol. The van der Waals surface area contributed by atoms with Crippen molar-refractivity contribution in [2.24, 2.45) is 0 Å². The SMILES string of the molecule is Cc1coc(-c2[nH]ncc2C=O)n1. The Kier molecular flexibility index (Phi) is 1.70. The highest BCUT2D eigenvalue weighted by Crippen LogP contribution is 2.18. The Labute approximate surface area is 73.8 Å². The van der Waals surface area contributed by atoms with Gasteiger partial charge in [-0.25, -0.2) is 4.98 Å². The van der Waals surface area contributed by atoms with Gasteiger partial charge in [-0.05, 0) is 6.92 Å². The van der Waals surface area contributed by atoms with E-state index in [2.05, 4.69) is 15.2 Å². The first-order valence-corrected chi connectivity index (χ1v) is 3.72. The summed E-state index contributed by atoms with van der Waals surface area (Å²) in [7, 11) is 0. The Bertz CT molecular complexity index is 430. The van der Waals surface area contributed by atoms with Crippen LogP contribution in [0, 0.1) is 6.92 Å². The molecule has 0 saturated heterocycles. The largest absolute Gasteiger partial charge is 0.443 e. The van der Waals surface area contributed by atoms with Crippen LogP contribution in [0.15, 0.2) is 16.9 Å². The standard InChI is InChI=1S/C8H7N3O2/c1-5-4-13-8(10-5)7-6(3-12)2-9-11-7/h2-4H,1H3,(H,9,11). The molecule has 0 aliphatic carbocycles. The number of aryl methyl sites for hydroxylation is 1. The van der Waals surface area contributed by atoms with Crippen LogP contribution in [-0.2, 0) is 0 Å². The summed E-state index contributed by atoms with van der Waals surface area (Å²) in [5, 5.41) is 6.37. The summed E-state index contributed by atoms with van der Waals surface area (Å²) < 4.78 is 5.11. The molecule has 5 nitrogen and oxygen atoms in total. The highest BCUT2D eigenvalue weighted by Gasteiger charge is 2.11. The summed E-state index contributed by atoms with van der Waals surface area (Å²) in [5.41, 5.74) is 1.73. The van der Waals surface area contributed by atoms with Gasteiger partial charge in [0, 0.05) is 0 Å². The molecule has 0 saturated carbocycles. The average molecular weight is 177 g/mol. The van der Waals surface area contributed by atoms with E-state index in [1.165, 1.54) is 12.5 Å². The molecule has 0 atom stereocenters. The minimum atomic E-state index is 0.386. The van der Waals surface area contributed by atoms with Gasteiger partial charge in [-0.15, -0.1) is 0 Å². The lowest BCUT2D eigenvalue weighted by atomic mass is 10.3. The zero-order valence-corrected chi connectivity index (χ0v) is 6.94. The van der Waals surface area contributed by atoms with Gasteiger partial charge in [0.2, 0.25) is 5.89 Å². The molecule has 0 amide bonds. The highest BCUT2D eigenvalue weighted by molar-refractivity contribution is 5.83. The maximum Gasteiger partial charge on any atom is 0.245 e. The van der Waals surface area contributed by atoms with Crippen LogP contribution >= 0.6 is 0 Å². The lowest BCUT2D eigenvalue weighted by molar-refractivity contribution is 0.112. The Morgan fingerprint density at radius 1 is 1.62 bits per heavy atom. The first-order valence-electron chi connectivity index (χ1n) is 3.72. The molecular weight excluding hydrogens is 170 g/mol. The molecule has 2 aromatic rings. The fraction of sp³-hybridized carbons (Fsp3) is 0.125. The molecule has 2 heterocycles. The normalized spacial score (nSPS) is 10.2. The van der Waals surface area contributed by atoms with E-state index in [0.29, 0.717) is 23.4 Å². The van der Waals surface area contributed by atoms with Crippen molar-refractivity contribution < 1.29 is 9.21 Å². The van der Waals surface area contributed by atoms with Crippen molar-refractivity contribution in [1.82, 2.24) is 15.2 Å². The average Bonchev–Trinajstić information content (AvgIpc) is 2.71. The topological polar surface area (TPSA) is 71.8 Å². The first-order chi connectivity index (χ1) is 6.31. The van der Waals surface area contributed by atoms with Crippen molar-refractivity contribution >= 4 is 6.29 Å². The Morgan fingerprint density at radius 2 is 2.46 bits per heavy atom. The third-order valence-electron chi connectivity index (χ3n) is 1.63. The summed E-state index contributed by atoms with van der Waals surface area (Å²) >= 11 is 0. The zero-order valence-electron chi connectivity index (χ0n) is 6.94. The molecular formula is C8H7N3O2. The number of carbonyl (C=O) groups excluding carboxylic acids is 1. The molecule has 0 unspecified atom stereocenters. The third-order valence-corrected chi connectivity index (χ3v) is 1.63. The number of aromatic amines is 1. The van der Waals surface area contributed by atoms with E-state index in [9.17, 15) is 4.79 Å². The van der Waals surface area contributed by atoms with Gasteiger partial charge in [0.05, 0.1) is 17.5 Å². The van der Waals surface area contributed by atoms with Crippen molar-refractivity contribution in [3.63, 3.8) is 0 Å². The Balaban J connectivity index is 2.51. The molecule has 0 bridgehead atoms. The molecule has 0 spiro atoms. The predicted octanol–water partition coefficient (Wildman–Crippen LogP) is 1.19. The lowest BCUT2D eigenvalue weighted by Gasteiger charge is -1.88. The van der Waals surface area contributed by atoms with Crippen LogP contribution in [0.25, 0.3) is 11.6 Å². The molecule has 0 fully saturated rings. The van der Waals surface area contributed by atoms with Crippen molar-refractivity contribution in [3.05, 3.63) is 23.7 Å². The molecule has 1 N–H and O–H groups in total. The lowest BCUT2D eigenvalue weighted by Crippen LogP contribution is -1.84. The minimum absolute atomic E-state index is 0.386. The van der Waals surface area contributed by atoms with Crippen molar-refractivity contribution in [2.45, 2.75) is 6.92 Å². The Hall–Kier alpha value is -1.91. The molecule has 0 radical (unpaired) electrons. The minimum Gasteiger partial charge on any atom is -0.443 e. The van der Waals surface area contributed by atoms with E-state index in [0.717, 1.165) is 5.69 Å². The second-order valence-electron chi connectivity index (χ2n) is 2.61. The quantitative estimate of drug-likeness (QED) is 0.699. The fourth-order valence-corrected chi connectivity index (χ4v) is 1.02. The van der Waals surface area contributed by atoms with E-state index in [-0.39, 0.29) is 0 Å². The summed E-state index contributed by atoms with van der Waals surface area (Å²) in [6, 6.07) is 0. The van der Waals surface area contributed by atoms with Gasteiger partial charge in [-0.3, -0.25) is 9.89 Å². The fourth-order valence-electron chi connectivity index (χ4n) is 1.02. The van der Waals surface area contributed by atoms with Crippen LogP contribution in [0.2, 0.25) is 0 Å². The highest BCUT2D eigenvalue weighted by atomic mass is 16.3. The van der Waals surface area contributed by atoms with Crippen LogP contribution in [0.3, 0.4) is 0 Å². The molecule has 66 valence electrons. The number of nitrogens with one attached hydrogen (secondary N) is 1. The zero-order chi connectivity index (χ0) is 9.26. The van der Waals surface area contributed by atoms with Crippen molar-refractivity contribution in [1.29, 1.82) is 0 Å². The third kappa shape index (κ3) is 1.24. The van der Waals surface area contributed by atoms with E-state index in [1.54, 1.807) is 0 Å². The maximum absolute atomic E-state index is 10.5. The molecule has 2 aromatic heterocycles. The second kappa shape index (κ2) is 2.85. The van der Waals surface area contributed by atoms with Crippen LogP contribution in [0.1, 0.15) is 16.1 Å². The number of nitrogens with zero attached hydrogens (tertiary/aromatic N) is 2. The van der Waals surface area contributed by atoms with E-state index in [1.807, 2.05) is 6.92 Å². The summed E-state index contributed by atoms with van der Waals surface area (Å²) in [6.07, 6.45) is 3.66. The molecule has 2 rings (SSSR count). The summed E-state index contributed by atoms with van der Waals surface area (Å²) in [5.74, 6) is 0.386. The van der Waals surface area contributed by atoms with Gasteiger partial charge in [-0.1, -0.05) is 0 Å². The molecule has 13 heavy (non-hydrogen) atoms. The molecule has 5 heteroatoms. The summed E-state index contributed by atoms with van der Waals surface area (Å²) in [6.45, 7) is 1.81. The number of aromatic nitrogens is 3. The smallest absolute Gasteiger partial charge is 0.245 e. The molecule has 0 aromatic carbocycles. The van der Waals surface area contributed by atoms with Crippen molar-refractivity contribution in [3.8, 4) is 11.6 Å². The van der Waals surface area contributed by atoms with Crippen molar-refractivity contribution in [2.75, 3.05) is 0 Å². The number of hydrogen-bond acceptors (Lipinski definition) is 4. The van der Waals surface area contributed by atoms with E-state index < -0.39 is 0 Å². The first kappa shape index (κ1) is 7.72.